The summed E-state index contributed by atoms with van der Waals surface area (Å²) in [5.74, 6) is 0.973. The Bertz CT molecular complexity index is 143. The maximum Gasteiger partial charge on any atom is 0.00682 e. The van der Waals surface area contributed by atoms with Crippen molar-refractivity contribution in [2.45, 2.75) is 31.7 Å². The van der Waals surface area contributed by atoms with Crippen LogP contribution in [0.5, 0.6) is 0 Å². The molecule has 0 bridgehead atoms. The van der Waals surface area contributed by atoms with E-state index >= 15 is 0 Å². The lowest BCUT2D eigenvalue weighted by Gasteiger charge is -2.10. The number of nitrogens with zero attached hydrogens (tertiary/aromatic N) is 1. The zero-order valence-electron chi connectivity index (χ0n) is 8.05. The average Bonchev–Trinajstić information content (AvgIpc) is 2.76. The predicted molar refractivity (Wildman–Crippen MR) is 51.2 cm³/mol. The van der Waals surface area contributed by atoms with E-state index in [1.165, 1.54) is 45.3 Å². The quantitative estimate of drug-likeness (QED) is 0.676. The van der Waals surface area contributed by atoms with Crippen LogP contribution in [0, 0.1) is 5.92 Å². The van der Waals surface area contributed by atoms with Crippen molar-refractivity contribution >= 4 is 0 Å². The molecule has 2 nitrogen and oxygen atoms in total. The highest BCUT2D eigenvalue weighted by atomic mass is 15.1. The van der Waals surface area contributed by atoms with Gasteiger partial charge in [-0.3, -0.25) is 0 Å². The Hall–Kier alpha value is -0.0800. The monoisotopic (exact) mass is 168 g/mol. The summed E-state index contributed by atoms with van der Waals surface area (Å²) in [5, 5.41) is 3.58. The third-order valence-electron chi connectivity index (χ3n) is 3.05. The molecule has 2 aliphatic rings. The minimum atomic E-state index is 0.893. The highest BCUT2D eigenvalue weighted by Gasteiger charge is 2.22. The molecule has 1 unspecified atom stereocenters. The first kappa shape index (κ1) is 8.52. The summed E-state index contributed by atoms with van der Waals surface area (Å²) < 4.78 is 0. The third-order valence-corrected chi connectivity index (χ3v) is 3.05. The first-order chi connectivity index (χ1) is 5.84. The summed E-state index contributed by atoms with van der Waals surface area (Å²) in [6.45, 7) is 3.89. The summed E-state index contributed by atoms with van der Waals surface area (Å²) in [5.41, 5.74) is 0. The van der Waals surface area contributed by atoms with Gasteiger partial charge in [0.2, 0.25) is 0 Å². The van der Waals surface area contributed by atoms with Crippen LogP contribution in [0.2, 0.25) is 0 Å². The van der Waals surface area contributed by atoms with Crippen LogP contribution in [0.25, 0.3) is 0 Å². The summed E-state index contributed by atoms with van der Waals surface area (Å²) in [4.78, 5) is 2.45. The second-order valence-corrected chi connectivity index (χ2v) is 4.43. The molecule has 0 spiro atoms. The lowest BCUT2D eigenvalue weighted by atomic mass is 10.1. The van der Waals surface area contributed by atoms with E-state index in [9.17, 15) is 0 Å². The standard InChI is InChI=1S/C10H20N2/c1-12-7-5-9(8-12)4-6-11-10-2-3-10/h9-11H,2-8H2,1H3. The normalized spacial score (nSPS) is 31.2. The van der Waals surface area contributed by atoms with Crippen LogP contribution in [0.1, 0.15) is 25.7 Å². The Morgan fingerprint density at radius 2 is 2.17 bits per heavy atom. The van der Waals surface area contributed by atoms with Crippen LogP contribution in [0.3, 0.4) is 0 Å². The third kappa shape index (κ3) is 2.46. The number of rotatable bonds is 4. The van der Waals surface area contributed by atoms with Gasteiger partial charge >= 0.3 is 0 Å². The Balaban J connectivity index is 1.54. The zero-order valence-corrected chi connectivity index (χ0v) is 8.05. The van der Waals surface area contributed by atoms with E-state index < -0.39 is 0 Å². The van der Waals surface area contributed by atoms with Gasteiger partial charge in [0.1, 0.15) is 0 Å². The fraction of sp³-hybridized carbons (Fsp3) is 1.00. The molecule has 1 saturated heterocycles. The van der Waals surface area contributed by atoms with E-state index in [-0.39, 0.29) is 0 Å². The highest BCUT2D eigenvalue weighted by Crippen LogP contribution is 2.20. The molecule has 1 atom stereocenters. The van der Waals surface area contributed by atoms with Crippen LogP contribution < -0.4 is 5.32 Å². The van der Waals surface area contributed by atoms with Crippen molar-refractivity contribution in [2.24, 2.45) is 5.92 Å². The van der Waals surface area contributed by atoms with Crippen molar-refractivity contribution in [1.82, 2.24) is 10.2 Å². The topological polar surface area (TPSA) is 15.3 Å². The predicted octanol–water partition coefficient (Wildman–Crippen LogP) is 1.08. The second kappa shape index (κ2) is 3.75. The maximum atomic E-state index is 3.58. The van der Waals surface area contributed by atoms with Crippen LogP contribution in [0.15, 0.2) is 0 Å². The fourth-order valence-corrected chi connectivity index (χ4v) is 2.04. The number of likely N-dealkylation sites (tertiary alicyclic amines) is 1. The molecule has 0 aromatic heterocycles. The summed E-state index contributed by atoms with van der Waals surface area (Å²) in [7, 11) is 2.23. The summed E-state index contributed by atoms with van der Waals surface area (Å²) >= 11 is 0. The Labute approximate surface area is 75.3 Å². The largest absolute Gasteiger partial charge is 0.314 e. The van der Waals surface area contributed by atoms with Gasteiger partial charge in [-0.2, -0.15) is 0 Å². The molecule has 2 rings (SSSR count). The Morgan fingerprint density at radius 3 is 2.75 bits per heavy atom. The molecule has 0 aromatic carbocycles. The van der Waals surface area contributed by atoms with Gasteiger partial charge in [0.15, 0.2) is 0 Å². The smallest absolute Gasteiger partial charge is 0.00682 e. The van der Waals surface area contributed by atoms with Crippen LogP contribution in [-0.2, 0) is 0 Å². The van der Waals surface area contributed by atoms with E-state index in [2.05, 4.69) is 17.3 Å². The van der Waals surface area contributed by atoms with Crippen molar-refractivity contribution < 1.29 is 0 Å². The van der Waals surface area contributed by atoms with Crippen molar-refractivity contribution in [3.8, 4) is 0 Å². The number of hydrogen-bond donors (Lipinski definition) is 1. The molecule has 12 heavy (non-hydrogen) atoms. The zero-order chi connectivity index (χ0) is 8.39. The van der Waals surface area contributed by atoms with Gasteiger partial charge in [0.05, 0.1) is 0 Å². The lowest BCUT2D eigenvalue weighted by Crippen LogP contribution is -2.21. The van der Waals surface area contributed by atoms with Gasteiger partial charge in [0.25, 0.3) is 0 Å². The van der Waals surface area contributed by atoms with Gasteiger partial charge in [0, 0.05) is 12.6 Å². The van der Waals surface area contributed by atoms with E-state index in [0.29, 0.717) is 0 Å². The summed E-state index contributed by atoms with van der Waals surface area (Å²) in [6, 6.07) is 0.893. The number of nitrogens with one attached hydrogen (secondary N) is 1. The first-order valence-electron chi connectivity index (χ1n) is 5.26. The molecule has 0 amide bonds. The van der Waals surface area contributed by atoms with Crippen LogP contribution >= 0.6 is 0 Å². The van der Waals surface area contributed by atoms with Gasteiger partial charge in [-0.15, -0.1) is 0 Å². The molecule has 1 aliphatic heterocycles. The maximum absolute atomic E-state index is 3.58. The van der Waals surface area contributed by atoms with Crippen molar-refractivity contribution in [1.29, 1.82) is 0 Å². The Kier molecular flexibility index (Phi) is 2.66. The van der Waals surface area contributed by atoms with Crippen molar-refractivity contribution in [3.05, 3.63) is 0 Å². The molecule has 0 aromatic rings. The molecule has 1 heterocycles. The molecule has 2 fully saturated rings. The van der Waals surface area contributed by atoms with E-state index in [1.807, 2.05) is 0 Å². The molecule has 1 aliphatic carbocycles. The molecule has 70 valence electrons. The van der Waals surface area contributed by atoms with E-state index in [0.717, 1.165) is 12.0 Å². The lowest BCUT2D eigenvalue weighted by molar-refractivity contribution is 0.385. The molecular formula is C10H20N2. The van der Waals surface area contributed by atoms with Gasteiger partial charge < -0.3 is 10.2 Å². The minimum absolute atomic E-state index is 0.893. The molecule has 2 heteroatoms. The number of hydrogen-bond acceptors (Lipinski definition) is 2. The second-order valence-electron chi connectivity index (χ2n) is 4.43. The van der Waals surface area contributed by atoms with Crippen molar-refractivity contribution in [2.75, 3.05) is 26.7 Å². The fourth-order valence-electron chi connectivity index (χ4n) is 2.04. The van der Waals surface area contributed by atoms with Crippen LogP contribution in [-0.4, -0.2) is 37.6 Å². The van der Waals surface area contributed by atoms with Gasteiger partial charge in [-0.1, -0.05) is 0 Å². The Morgan fingerprint density at radius 1 is 1.33 bits per heavy atom. The van der Waals surface area contributed by atoms with E-state index in [1.54, 1.807) is 0 Å². The van der Waals surface area contributed by atoms with Crippen LogP contribution in [0.4, 0.5) is 0 Å². The average molecular weight is 168 g/mol. The van der Waals surface area contributed by atoms with Gasteiger partial charge in [-0.05, 0) is 51.7 Å². The molecule has 0 radical (unpaired) electrons. The summed E-state index contributed by atoms with van der Waals surface area (Å²) in [6.07, 6.45) is 5.65. The SMILES string of the molecule is CN1CCC(CCNC2CC2)C1. The minimum Gasteiger partial charge on any atom is -0.314 e. The first-order valence-corrected chi connectivity index (χ1v) is 5.26. The highest BCUT2D eigenvalue weighted by molar-refractivity contribution is 4.81. The van der Waals surface area contributed by atoms with Crippen molar-refractivity contribution in [3.63, 3.8) is 0 Å². The molecule has 1 N–H and O–H groups in total. The van der Waals surface area contributed by atoms with E-state index in [4.69, 9.17) is 0 Å². The molecular weight excluding hydrogens is 148 g/mol. The molecule has 1 saturated carbocycles. The van der Waals surface area contributed by atoms with Gasteiger partial charge in [-0.25, -0.2) is 0 Å².